The zero-order valence-electron chi connectivity index (χ0n) is 9.46. The molecule has 0 saturated heterocycles. The highest BCUT2D eigenvalue weighted by Crippen LogP contribution is 2.51. The molecule has 3 aliphatic rings. The number of rotatable bonds is 1. The number of hydrogen-bond donors (Lipinski definition) is 0. The van der Waals surface area contributed by atoms with Crippen molar-refractivity contribution in [1.82, 2.24) is 0 Å². The number of anilines is 1. The number of nitrogens with zero attached hydrogens (tertiary/aromatic N) is 3. The maximum absolute atomic E-state index is 5.92. The highest BCUT2D eigenvalue weighted by atomic mass is 35.5. The van der Waals surface area contributed by atoms with Gasteiger partial charge in [0.1, 0.15) is 0 Å². The molecule has 1 aliphatic heterocycles. The molecular formula is C13H14ClN3. The monoisotopic (exact) mass is 247 g/mol. The molecule has 2 fully saturated rings. The fourth-order valence-corrected chi connectivity index (χ4v) is 3.86. The van der Waals surface area contributed by atoms with Gasteiger partial charge in [-0.25, -0.2) is 5.01 Å². The maximum Gasteiger partial charge on any atom is 0.0985 e. The van der Waals surface area contributed by atoms with E-state index >= 15 is 0 Å². The molecule has 0 spiro atoms. The molecule has 17 heavy (non-hydrogen) atoms. The van der Waals surface area contributed by atoms with Crippen LogP contribution in [0.2, 0.25) is 5.02 Å². The van der Waals surface area contributed by atoms with Crippen molar-refractivity contribution < 1.29 is 0 Å². The van der Waals surface area contributed by atoms with Crippen molar-refractivity contribution >= 4 is 17.3 Å². The Morgan fingerprint density at radius 3 is 2.71 bits per heavy atom. The highest BCUT2D eigenvalue weighted by molar-refractivity contribution is 6.30. The summed E-state index contributed by atoms with van der Waals surface area (Å²) in [6.07, 6.45) is 4.04. The van der Waals surface area contributed by atoms with Gasteiger partial charge >= 0.3 is 0 Å². The first-order valence-electron chi connectivity index (χ1n) is 6.28. The Balaban J connectivity index is 1.68. The van der Waals surface area contributed by atoms with Gasteiger partial charge in [-0.05, 0) is 55.4 Å². The Bertz CT molecular complexity index is 470. The lowest BCUT2D eigenvalue weighted by Crippen LogP contribution is -2.39. The van der Waals surface area contributed by atoms with Gasteiger partial charge in [0, 0.05) is 5.02 Å². The van der Waals surface area contributed by atoms with Crippen LogP contribution in [0.15, 0.2) is 34.6 Å². The maximum atomic E-state index is 5.92. The molecule has 4 heteroatoms. The molecule has 3 nitrogen and oxygen atoms in total. The molecule has 0 unspecified atom stereocenters. The third-order valence-corrected chi connectivity index (χ3v) is 4.74. The van der Waals surface area contributed by atoms with E-state index in [0.29, 0.717) is 12.1 Å². The van der Waals surface area contributed by atoms with Crippen LogP contribution in [0, 0.1) is 11.8 Å². The van der Waals surface area contributed by atoms with E-state index < -0.39 is 0 Å². The summed E-state index contributed by atoms with van der Waals surface area (Å²) in [7, 11) is 0. The summed E-state index contributed by atoms with van der Waals surface area (Å²) < 4.78 is 0. The largest absolute Gasteiger partial charge is 0.242 e. The molecule has 0 radical (unpaired) electrons. The lowest BCUT2D eigenvalue weighted by molar-refractivity contribution is 0.383. The van der Waals surface area contributed by atoms with Crippen LogP contribution in [0.5, 0.6) is 0 Å². The molecular weight excluding hydrogens is 234 g/mol. The third kappa shape index (κ3) is 1.35. The van der Waals surface area contributed by atoms with E-state index in [1.165, 1.54) is 19.3 Å². The quantitative estimate of drug-likeness (QED) is 0.744. The molecule has 1 aromatic rings. The second kappa shape index (κ2) is 3.45. The van der Waals surface area contributed by atoms with Crippen molar-refractivity contribution in [2.45, 2.75) is 31.3 Å². The van der Waals surface area contributed by atoms with Gasteiger partial charge < -0.3 is 0 Å². The molecule has 0 amide bonds. The van der Waals surface area contributed by atoms with Crippen LogP contribution in [0.3, 0.4) is 0 Å². The van der Waals surface area contributed by atoms with E-state index in [2.05, 4.69) is 15.3 Å². The first kappa shape index (κ1) is 9.89. The van der Waals surface area contributed by atoms with Gasteiger partial charge in [0.05, 0.1) is 17.8 Å². The van der Waals surface area contributed by atoms with Gasteiger partial charge in [-0.3, -0.25) is 0 Å². The smallest absolute Gasteiger partial charge is 0.0985 e. The van der Waals surface area contributed by atoms with E-state index in [1.807, 2.05) is 24.3 Å². The van der Waals surface area contributed by atoms with Crippen molar-refractivity contribution in [3.05, 3.63) is 29.3 Å². The minimum atomic E-state index is 0.449. The Hall–Kier alpha value is -1.09. The predicted molar refractivity (Wildman–Crippen MR) is 67.2 cm³/mol. The molecule has 0 N–H and O–H groups in total. The number of halogens is 1. The summed E-state index contributed by atoms with van der Waals surface area (Å²) in [6.45, 7) is 0. The third-order valence-electron chi connectivity index (χ3n) is 4.48. The first-order chi connectivity index (χ1) is 8.33. The average molecular weight is 248 g/mol. The molecule has 0 aromatic heterocycles. The first-order valence-corrected chi connectivity index (χ1v) is 6.66. The number of fused-ring (bicyclic) bond motifs is 5. The Kier molecular flexibility index (Phi) is 2.01. The van der Waals surface area contributed by atoms with Gasteiger partial charge in [-0.2, -0.15) is 5.11 Å². The summed E-state index contributed by atoms with van der Waals surface area (Å²) >= 11 is 5.92. The van der Waals surface area contributed by atoms with Crippen LogP contribution in [-0.2, 0) is 0 Å². The van der Waals surface area contributed by atoms with Crippen LogP contribution >= 0.6 is 11.6 Å². The van der Waals surface area contributed by atoms with Crippen molar-refractivity contribution in [3.63, 3.8) is 0 Å². The van der Waals surface area contributed by atoms with Crippen LogP contribution in [0.25, 0.3) is 0 Å². The molecule has 2 bridgehead atoms. The van der Waals surface area contributed by atoms with Crippen LogP contribution in [0.4, 0.5) is 5.69 Å². The molecule has 2 saturated carbocycles. The SMILES string of the molecule is Clc1ccc(N2N=N[C@@H]3[C@H]4CC[C@H](C4)[C@@H]32)cc1. The molecule has 1 aromatic carbocycles. The molecule has 2 aliphatic carbocycles. The van der Waals surface area contributed by atoms with Crippen LogP contribution < -0.4 is 5.01 Å². The fourth-order valence-electron chi connectivity index (χ4n) is 3.73. The predicted octanol–water partition coefficient (Wildman–Crippen LogP) is 3.69. The lowest BCUT2D eigenvalue weighted by Gasteiger charge is -2.28. The minimum absolute atomic E-state index is 0.449. The Labute approximate surface area is 105 Å². The average Bonchev–Trinajstić information content (AvgIpc) is 3.02. The second-order valence-corrected chi connectivity index (χ2v) is 5.78. The van der Waals surface area contributed by atoms with Gasteiger partial charge in [0.2, 0.25) is 0 Å². The van der Waals surface area contributed by atoms with Gasteiger partial charge in [0.15, 0.2) is 0 Å². The molecule has 4 rings (SSSR count). The van der Waals surface area contributed by atoms with E-state index in [4.69, 9.17) is 11.6 Å². The van der Waals surface area contributed by atoms with Crippen molar-refractivity contribution in [3.8, 4) is 0 Å². The summed E-state index contributed by atoms with van der Waals surface area (Å²) in [5.74, 6) is 1.57. The minimum Gasteiger partial charge on any atom is -0.242 e. The number of hydrogen-bond acceptors (Lipinski definition) is 3. The van der Waals surface area contributed by atoms with Crippen molar-refractivity contribution in [2.75, 3.05) is 5.01 Å². The Morgan fingerprint density at radius 1 is 1.12 bits per heavy atom. The standard InChI is InChI=1S/C13H14ClN3/c14-10-3-5-11(6-4-10)17-13-9-2-1-8(7-9)12(13)15-16-17/h3-6,8-9,12-13H,1-2,7H2/t8-,9+,12+,13-/m0/s1. The summed E-state index contributed by atoms with van der Waals surface area (Å²) in [4.78, 5) is 0. The van der Waals surface area contributed by atoms with E-state index in [9.17, 15) is 0 Å². The van der Waals surface area contributed by atoms with Crippen LogP contribution in [0.1, 0.15) is 19.3 Å². The fraction of sp³-hybridized carbons (Fsp3) is 0.538. The zero-order chi connectivity index (χ0) is 11.4. The zero-order valence-corrected chi connectivity index (χ0v) is 10.2. The Morgan fingerprint density at radius 2 is 1.88 bits per heavy atom. The van der Waals surface area contributed by atoms with Crippen molar-refractivity contribution in [1.29, 1.82) is 0 Å². The van der Waals surface area contributed by atoms with Crippen LogP contribution in [-0.4, -0.2) is 12.1 Å². The molecule has 1 heterocycles. The summed E-state index contributed by atoms with van der Waals surface area (Å²) in [6, 6.07) is 8.88. The van der Waals surface area contributed by atoms with E-state index in [-0.39, 0.29) is 0 Å². The summed E-state index contributed by atoms with van der Waals surface area (Å²) in [5, 5.41) is 11.7. The van der Waals surface area contributed by atoms with Gasteiger partial charge in [-0.15, -0.1) is 0 Å². The summed E-state index contributed by atoms with van der Waals surface area (Å²) in [5.41, 5.74) is 1.12. The number of benzene rings is 1. The second-order valence-electron chi connectivity index (χ2n) is 5.34. The normalized spacial score (nSPS) is 37.8. The highest BCUT2D eigenvalue weighted by Gasteiger charge is 2.53. The van der Waals surface area contributed by atoms with Crippen molar-refractivity contribution in [2.24, 2.45) is 22.2 Å². The molecule has 4 atom stereocenters. The van der Waals surface area contributed by atoms with E-state index in [1.54, 1.807) is 0 Å². The lowest BCUT2D eigenvalue weighted by atomic mass is 9.91. The van der Waals surface area contributed by atoms with Gasteiger partial charge in [-0.1, -0.05) is 16.8 Å². The topological polar surface area (TPSA) is 28.0 Å². The van der Waals surface area contributed by atoms with Gasteiger partial charge in [0.25, 0.3) is 0 Å². The molecule has 88 valence electrons. The van der Waals surface area contributed by atoms with E-state index in [0.717, 1.165) is 22.5 Å².